The lowest BCUT2D eigenvalue weighted by Gasteiger charge is -2.37. The van der Waals surface area contributed by atoms with Gasteiger partial charge >= 0.3 is 5.97 Å². The van der Waals surface area contributed by atoms with Crippen molar-refractivity contribution in [3.63, 3.8) is 0 Å². The van der Waals surface area contributed by atoms with Crippen molar-refractivity contribution in [2.45, 2.75) is 33.3 Å². The van der Waals surface area contributed by atoms with Gasteiger partial charge in [0.1, 0.15) is 10.9 Å². The van der Waals surface area contributed by atoms with Gasteiger partial charge in [0.15, 0.2) is 12.2 Å². The molecule has 35 heavy (non-hydrogen) atoms. The molecule has 0 bridgehead atoms. The van der Waals surface area contributed by atoms with Crippen molar-refractivity contribution in [2.75, 3.05) is 46.8 Å². The molecular formula is C23H32N2O9P+. The third kappa shape index (κ3) is 6.12. The van der Waals surface area contributed by atoms with E-state index >= 15 is 0 Å². The highest BCUT2D eigenvalue weighted by atomic mass is 31.1. The van der Waals surface area contributed by atoms with Crippen LogP contribution >= 0.6 is 8.43 Å². The maximum Gasteiger partial charge on any atom is 0.344 e. The van der Waals surface area contributed by atoms with Crippen LogP contribution in [0, 0.1) is 10.1 Å². The lowest BCUT2D eigenvalue weighted by molar-refractivity contribution is -0.754. The summed E-state index contributed by atoms with van der Waals surface area (Å²) in [4.78, 5) is 40.6. The zero-order chi connectivity index (χ0) is 26.0. The second-order valence-electron chi connectivity index (χ2n) is 7.34. The topological polar surface area (TPSA) is 130 Å². The number of nitrogens with zero attached hydrogens (tertiary/aromatic N) is 2. The smallest absolute Gasteiger partial charge is 0.344 e. The Kier molecular flexibility index (Phi) is 10.9. The molecule has 11 nitrogen and oxygen atoms in total. The minimum atomic E-state index is -1.69. The number of esters is 1. The second-order valence-corrected chi connectivity index (χ2v) is 7.99. The number of non-ortho nitro benzene ring substituents is 1. The molecule has 0 radical (unpaired) electrons. The number of hydrogen-bond donors (Lipinski definition) is 1. The highest BCUT2D eigenvalue weighted by Gasteiger charge is 2.56. The molecule has 0 aliphatic carbocycles. The molecule has 0 aromatic heterocycles. The molecule has 1 aliphatic rings. The standard InChI is InChI=1S/C23H31N2O9P/c1-6-31-11-13-33-23(18-9-8-10-19(15-18)25(27)28)20(22(26)30-5)16(3)24(17(4)21(23)35-29)34-14-12-32-7-2/h8-10,15H,6-7,11-14H2,1-5H3/p+1. The number of methoxy groups -OCH3 is 1. The molecule has 1 N–H and O–H groups in total. The number of carbonyl (C=O) groups is 1. The fourth-order valence-corrected chi connectivity index (χ4v) is 4.56. The SMILES string of the molecule is CCOCCO[N+]1=C(C)C(=PO)C(OCCOCC)(c2cccc([N+](=O)[O-])c2)C(C(=O)OC)=C1C. The van der Waals surface area contributed by atoms with E-state index in [1.54, 1.807) is 19.9 Å². The maximum atomic E-state index is 13.2. The number of nitro groups is 1. The van der Waals surface area contributed by atoms with Crippen molar-refractivity contribution in [1.29, 1.82) is 0 Å². The largest absolute Gasteiger partial charge is 0.465 e. The van der Waals surface area contributed by atoms with Crippen molar-refractivity contribution >= 4 is 31.1 Å². The molecule has 0 fully saturated rings. The lowest BCUT2D eigenvalue weighted by atomic mass is 9.78. The highest BCUT2D eigenvalue weighted by Crippen LogP contribution is 2.43. The monoisotopic (exact) mass is 511 g/mol. The van der Waals surface area contributed by atoms with Gasteiger partial charge in [0.2, 0.25) is 11.4 Å². The Morgan fingerprint density at radius 3 is 2.37 bits per heavy atom. The van der Waals surface area contributed by atoms with Gasteiger partial charge in [0, 0.05) is 49.5 Å². The van der Waals surface area contributed by atoms with E-state index < -0.39 is 16.5 Å². The summed E-state index contributed by atoms with van der Waals surface area (Å²) in [6, 6.07) is 5.76. The first-order valence-corrected chi connectivity index (χ1v) is 12.0. The van der Waals surface area contributed by atoms with Crippen LogP contribution in [0.1, 0.15) is 33.3 Å². The molecule has 0 spiro atoms. The van der Waals surface area contributed by atoms with Crippen LogP contribution in [-0.4, -0.2) is 78.3 Å². The van der Waals surface area contributed by atoms with Gasteiger partial charge in [-0.2, -0.15) is 0 Å². The van der Waals surface area contributed by atoms with Crippen LogP contribution in [0.2, 0.25) is 0 Å². The molecule has 1 heterocycles. The zero-order valence-corrected chi connectivity index (χ0v) is 21.5. The van der Waals surface area contributed by atoms with E-state index in [2.05, 4.69) is 0 Å². The van der Waals surface area contributed by atoms with Crippen LogP contribution in [0.15, 0.2) is 35.5 Å². The first-order chi connectivity index (χ1) is 16.8. The van der Waals surface area contributed by atoms with Crippen LogP contribution in [0.25, 0.3) is 0 Å². The number of rotatable bonds is 13. The number of nitro benzene ring substituents is 1. The lowest BCUT2D eigenvalue weighted by Crippen LogP contribution is -2.52. The molecule has 0 saturated carbocycles. The van der Waals surface area contributed by atoms with Gasteiger partial charge < -0.3 is 23.8 Å². The fraction of sp³-hybridized carbons (Fsp3) is 0.522. The first-order valence-electron chi connectivity index (χ1n) is 11.1. The maximum absolute atomic E-state index is 13.2. The Balaban J connectivity index is 2.80. The van der Waals surface area contributed by atoms with E-state index in [-0.39, 0.29) is 50.4 Å². The van der Waals surface area contributed by atoms with E-state index in [4.69, 9.17) is 23.8 Å². The molecule has 1 atom stereocenters. The molecule has 0 amide bonds. The fourth-order valence-electron chi connectivity index (χ4n) is 3.88. The van der Waals surface area contributed by atoms with Crippen LogP contribution in [-0.2, 0) is 34.2 Å². The Morgan fingerprint density at radius 1 is 1.14 bits per heavy atom. The van der Waals surface area contributed by atoms with Crippen molar-refractivity contribution < 1.29 is 43.1 Å². The van der Waals surface area contributed by atoms with Crippen LogP contribution < -0.4 is 0 Å². The molecule has 1 unspecified atom stereocenters. The van der Waals surface area contributed by atoms with Crippen molar-refractivity contribution in [3.8, 4) is 0 Å². The summed E-state index contributed by atoms with van der Waals surface area (Å²) in [7, 11) is 0.996. The molecule has 2 rings (SSSR count). The van der Waals surface area contributed by atoms with E-state index in [0.29, 0.717) is 31.2 Å². The summed E-state index contributed by atoms with van der Waals surface area (Å²) in [6.45, 7) is 8.75. The molecule has 0 saturated heterocycles. The molecular weight excluding hydrogens is 479 g/mol. The van der Waals surface area contributed by atoms with Crippen molar-refractivity contribution in [1.82, 2.24) is 0 Å². The van der Waals surface area contributed by atoms with Gasteiger partial charge in [0.25, 0.3) is 5.69 Å². The third-order valence-electron chi connectivity index (χ3n) is 5.35. The minimum absolute atomic E-state index is 0.0237. The molecule has 1 aromatic rings. The molecule has 1 aliphatic heterocycles. The quantitative estimate of drug-likeness (QED) is 0.106. The van der Waals surface area contributed by atoms with Gasteiger partial charge in [-0.05, 0) is 13.8 Å². The summed E-state index contributed by atoms with van der Waals surface area (Å²) in [5.41, 5.74) is -0.775. The predicted molar refractivity (Wildman–Crippen MR) is 129 cm³/mol. The van der Waals surface area contributed by atoms with Gasteiger partial charge in [0.05, 0.1) is 40.3 Å². The van der Waals surface area contributed by atoms with Gasteiger partial charge in [-0.1, -0.05) is 12.1 Å². The van der Waals surface area contributed by atoms with Gasteiger partial charge in [-0.15, -0.1) is 0 Å². The summed E-state index contributed by atoms with van der Waals surface area (Å²) in [5.74, 6) is -0.738. The number of hydroxylamine groups is 1. The Morgan fingerprint density at radius 2 is 1.80 bits per heavy atom. The van der Waals surface area contributed by atoms with E-state index in [1.807, 2.05) is 13.8 Å². The number of carbonyl (C=O) groups excluding carboxylic acids is 1. The minimum Gasteiger partial charge on any atom is -0.465 e. The summed E-state index contributed by atoms with van der Waals surface area (Å²) >= 11 is 0. The van der Waals surface area contributed by atoms with Gasteiger partial charge in [-0.3, -0.25) is 15.0 Å². The molecule has 192 valence electrons. The highest BCUT2D eigenvalue weighted by molar-refractivity contribution is 7.38. The zero-order valence-electron chi connectivity index (χ0n) is 20.6. The summed E-state index contributed by atoms with van der Waals surface area (Å²) in [6.07, 6.45) is 0. The van der Waals surface area contributed by atoms with Crippen molar-refractivity contribution in [3.05, 3.63) is 51.2 Å². The first kappa shape index (κ1) is 28.5. The number of benzene rings is 1. The number of allylic oxidation sites excluding steroid dienone is 1. The summed E-state index contributed by atoms with van der Waals surface area (Å²) in [5, 5.41) is 11.8. The predicted octanol–water partition coefficient (Wildman–Crippen LogP) is 2.77. The van der Waals surface area contributed by atoms with E-state index in [1.165, 1.54) is 30.0 Å². The normalized spacial score (nSPS) is 19.3. The molecule has 1 aromatic carbocycles. The number of ether oxygens (including phenoxy) is 4. The average Bonchev–Trinajstić information content (AvgIpc) is 2.85. The third-order valence-corrected chi connectivity index (χ3v) is 6.19. The number of hydrogen-bond acceptors (Lipinski definition) is 9. The van der Waals surface area contributed by atoms with Crippen LogP contribution in [0.5, 0.6) is 0 Å². The summed E-state index contributed by atoms with van der Waals surface area (Å²) < 4.78 is 23.6. The Labute approximate surface area is 205 Å². The molecule has 12 heteroatoms. The van der Waals surface area contributed by atoms with E-state index in [9.17, 15) is 19.8 Å². The second kappa shape index (κ2) is 13.4. The van der Waals surface area contributed by atoms with Crippen molar-refractivity contribution in [2.24, 2.45) is 0 Å². The average molecular weight is 511 g/mol. The van der Waals surface area contributed by atoms with Crippen LogP contribution in [0.4, 0.5) is 5.69 Å². The Bertz CT molecular complexity index is 1020. The Hall–Kier alpha value is -2.69. The van der Waals surface area contributed by atoms with E-state index in [0.717, 1.165) is 0 Å². The van der Waals surface area contributed by atoms with Crippen LogP contribution in [0.3, 0.4) is 0 Å². The van der Waals surface area contributed by atoms with Gasteiger partial charge in [-0.25, -0.2) is 4.79 Å².